The summed E-state index contributed by atoms with van der Waals surface area (Å²) in [5.74, 6) is -0.704. The van der Waals surface area contributed by atoms with Crippen molar-refractivity contribution >= 4 is 12.1 Å². The van der Waals surface area contributed by atoms with Crippen molar-refractivity contribution in [3.05, 3.63) is 0 Å². The first-order valence-corrected chi connectivity index (χ1v) is 7.70. The van der Waals surface area contributed by atoms with E-state index in [0.717, 1.165) is 6.54 Å². The minimum atomic E-state index is -0.850. The zero-order valence-corrected chi connectivity index (χ0v) is 13.1. The minimum Gasteiger partial charge on any atom is -0.481 e. The quantitative estimate of drug-likeness (QED) is 0.826. The Hall–Kier alpha value is -1.30. The maximum Gasteiger partial charge on any atom is 0.410 e. The molecule has 21 heavy (non-hydrogen) atoms. The second-order valence-corrected chi connectivity index (χ2v) is 7.12. The zero-order chi connectivity index (χ0) is 15.6. The predicted octanol–water partition coefficient (Wildman–Crippen LogP) is 1.70. The van der Waals surface area contributed by atoms with Gasteiger partial charge in [-0.2, -0.15) is 0 Å². The van der Waals surface area contributed by atoms with E-state index in [1.165, 1.54) is 17.7 Å². The fourth-order valence-corrected chi connectivity index (χ4v) is 2.58. The molecule has 1 saturated carbocycles. The molecule has 0 radical (unpaired) electrons. The lowest BCUT2D eigenvalue weighted by atomic mass is 9.92. The molecule has 2 rings (SSSR count). The number of piperidine rings is 1. The molecule has 6 nitrogen and oxygen atoms in total. The second-order valence-electron chi connectivity index (χ2n) is 7.12. The van der Waals surface area contributed by atoms with Crippen molar-refractivity contribution in [2.45, 2.75) is 51.7 Å². The Kier molecular flexibility index (Phi) is 4.76. The van der Waals surface area contributed by atoms with Gasteiger partial charge in [0.15, 0.2) is 0 Å². The van der Waals surface area contributed by atoms with Crippen molar-refractivity contribution in [2.24, 2.45) is 11.8 Å². The highest BCUT2D eigenvalue weighted by atomic mass is 16.6. The molecule has 2 fully saturated rings. The van der Waals surface area contributed by atoms with Crippen LogP contribution in [-0.2, 0) is 9.53 Å². The Labute approximate surface area is 125 Å². The summed E-state index contributed by atoms with van der Waals surface area (Å²) in [7, 11) is 0. The molecule has 1 aliphatic carbocycles. The molecule has 0 spiro atoms. The third-order valence-corrected chi connectivity index (χ3v) is 3.95. The van der Waals surface area contributed by atoms with Crippen LogP contribution in [0.4, 0.5) is 4.79 Å². The SMILES string of the molecule is CC(C)(C)OC(=O)N1CCC(NCC2CC2)C(C(=O)O)C1. The van der Waals surface area contributed by atoms with Gasteiger partial charge in [-0.1, -0.05) is 0 Å². The Balaban J connectivity index is 1.90. The van der Waals surface area contributed by atoms with Gasteiger partial charge >= 0.3 is 12.1 Å². The average molecular weight is 298 g/mol. The van der Waals surface area contributed by atoms with E-state index in [0.29, 0.717) is 18.9 Å². The number of rotatable bonds is 4. The molecule has 2 N–H and O–H groups in total. The molecule has 2 atom stereocenters. The predicted molar refractivity (Wildman–Crippen MR) is 78.1 cm³/mol. The van der Waals surface area contributed by atoms with Crippen molar-refractivity contribution < 1.29 is 19.4 Å². The van der Waals surface area contributed by atoms with Crippen LogP contribution in [0.2, 0.25) is 0 Å². The number of nitrogens with zero attached hydrogens (tertiary/aromatic N) is 1. The van der Waals surface area contributed by atoms with Crippen molar-refractivity contribution in [3.63, 3.8) is 0 Å². The number of carboxylic acids is 1. The van der Waals surface area contributed by atoms with Gasteiger partial charge in [-0.15, -0.1) is 0 Å². The van der Waals surface area contributed by atoms with Crippen LogP contribution in [0.3, 0.4) is 0 Å². The summed E-state index contributed by atoms with van der Waals surface area (Å²) in [6.45, 7) is 7.07. The first-order chi connectivity index (χ1) is 9.76. The number of carbonyl (C=O) groups excluding carboxylic acids is 1. The molecule has 120 valence electrons. The minimum absolute atomic E-state index is 0.0539. The van der Waals surface area contributed by atoms with Crippen LogP contribution in [0.25, 0.3) is 0 Å². The summed E-state index contributed by atoms with van der Waals surface area (Å²) in [6.07, 6.45) is 2.71. The maximum absolute atomic E-state index is 12.1. The Morgan fingerprint density at radius 3 is 2.48 bits per heavy atom. The standard InChI is InChI=1S/C15H26N2O4/c1-15(2,3)21-14(20)17-7-6-12(11(9-17)13(18)19)16-8-10-4-5-10/h10-12,16H,4-9H2,1-3H3,(H,18,19). The monoisotopic (exact) mass is 298 g/mol. The summed E-state index contributed by atoms with van der Waals surface area (Å²) in [5.41, 5.74) is -0.559. The van der Waals surface area contributed by atoms with Gasteiger partial charge in [0, 0.05) is 19.1 Å². The molecule has 1 saturated heterocycles. The molecule has 0 aromatic carbocycles. The van der Waals surface area contributed by atoms with Crippen LogP contribution in [0, 0.1) is 11.8 Å². The van der Waals surface area contributed by atoms with Gasteiger partial charge < -0.3 is 20.1 Å². The Morgan fingerprint density at radius 1 is 1.29 bits per heavy atom. The molecule has 0 aromatic rings. The van der Waals surface area contributed by atoms with Crippen LogP contribution in [0.15, 0.2) is 0 Å². The topological polar surface area (TPSA) is 78.9 Å². The van der Waals surface area contributed by atoms with Gasteiger partial charge in [0.1, 0.15) is 5.60 Å². The summed E-state index contributed by atoms with van der Waals surface area (Å²) >= 11 is 0. The number of hydrogen-bond acceptors (Lipinski definition) is 4. The van der Waals surface area contributed by atoms with E-state index in [-0.39, 0.29) is 12.6 Å². The molecule has 2 unspecified atom stereocenters. The van der Waals surface area contributed by atoms with E-state index >= 15 is 0 Å². The zero-order valence-electron chi connectivity index (χ0n) is 13.1. The third kappa shape index (κ3) is 4.88. The van der Waals surface area contributed by atoms with E-state index < -0.39 is 23.6 Å². The van der Waals surface area contributed by atoms with Gasteiger partial charge in [0.05, 0.1) is 5.92 Å². The molecular formula is C15H26N2O4. The number of ether oxygens (including phenoxy) is 1. The normalized spacial score (nSPS) is 26.5. The van der Waals surface area contributed by atoms with E-state index in [9.17, 15) is 14.7 Å². The Bertz CT molecular complexity index is 401. The second kappa shape index (κ2) is 6.22. The summed E-state index contributed by atoms with van der Waals surface area (Å²) in [5, 5.41) is 12.8. The highest BCUT2D eigenvalue weighted by Crippen LogP contribution is 2.29. The number of nitrogens with one attached hydrogen (secondary N) is 1. The molecule has 0 aromatic heterocycles. The molecule has 1 heterocycles. The van der Waals surface area contributed by atoms with Crippen molar-refractivity contribution in [3.8, 4) is 0 Å². The number of likely N-dealkylation sites (tertiary alicyclic amines) is 1. The summed E-state index contributed by atoms with van der Waals surface area (Å²) in [6, 6.07) is -0.0539. The fraction of sp³-hybridized carbons (Fsp3) is 0.867. The van der Waals surface area contributed by atoms with Crippen LogP contribution in [-0.4, -0.2) is 53.3 Å². The van der Waals surface area contributed by atoms with Gasteiger partial charge in [0.25, 0.3) is 0 Å². The molecule has 1 aliphatic heterocycles. The number of hydrogen-bond donors (Lipinski definition) is 2. The molecular weight excluding hydrogens is 272 g/mol. The highest BCUT2D eigenvalue weighted by Gasteiger charge is 2.38. The van der Waals surface area contributed by atoms with Crippen molar-refractivity contribution in [1.82, 2.24) is 10.2 Å². The van der Waals surface area contributed by atoms with E-state index in [4.69, 9.17) is 4.74 Å². The van der Waals surface area contributed by atoms with Gasteiger partial charge in [-0.05, 0) is 52.5 Å². The lowest BCUT2D eigenvalue weighted by Crippen LogP contribution is -2.54. The lowest BCUT2D eigenvalue weighted by molar-refractivity contribution is -0.144. The first kappa shape index (κ1) is 16.1. The fourth-order valence-electron chi connectivity index (χ4n) is 2.58. The number of carboxylic acid groups (broad SMARTS) is 1. The smallest absolute Gasteiger partial charge is 0.410 e. The van der Waals surface area contributed by atoms with Gasteiger partial charge in [-0.25, -0.2) is 4.79 Å². The number of amides is 1. The molecule has 0 bridgehead atoms. The van der Waals surface area contributed by atoms with Gasteiger partial charge in [0.2, 0.25) is 0 Å². The third-order valence-electron chi connectivity index (χ3n) is 3.95. The van der Waals surface area contributed by atoms with Gasteiger partial charge in [-0.3, -0.25) is 4.79 Å². The van der Waals surface area contributed by atoms with E-state index in [2.05, 4.69) is 5.32 Å². The summed E-state index contributed by atoms with van der Waals surface area (Å²) < 4.78 is 5.32. The molecule has 1 amide bonds. The van der Waals surface area contributed by atoms with Crippen molar-refractivity contribution in [1.29, 1.82) is 0 Å². The number of carbonyl (C=O) groups is 2. The lowest BCUT2D eigenvalue weighted by Gasteiger charge is -2.37. The average Bonchev–Trinajstić information content (AvgIpc) is 3.17. The van der Waals surface area contributed by atoms with Crippen molar-refractivity contribution in [2.75, 3.05) is 19.6 Å². The van der Waals surface area contributed by atoms with E-state index in [1.807, 2.05) is 20.8 Å². The van der Waals surface area contributed by atoms with Crippen LogP contribution >= 0.6 is 0 Å². The Morgan fingerprint density at radius 2 is 1.95 bits per heavy atom. The number of aliphatic carboxylic acids is 1. The van der Waals surface area contributed by atoms with Crippen LogP contribution in [0.5, 0.6) is 0 Å². The van der Waals surface area contributed by atoms with E-state index in [1.54, 1.807) is 0 Å². The molecule has 6 heteroatoms. The van der Waals surface area contributed by atoms with Crippen LogP contribution in [0.1, 0.15) is 40.0 Å². The molecule has 2 aliphatic rings. The summed E-state index contributed by atoms with van der Waals surface area (Å²) in [4.78, 5) is 25.0. The van der Waals surface area contributed by atoms with Crippen LogP contribution < -0.4 is 5.32 Å². The highest BCUT2D eigenvalue weighted by molar-refractivity contribution is 5.74. The first-order valence-electron chi connectivity index (χ1n) is 7.70. The largest absolute Gasteiger partial charge is 0.481 e. The maximum atomic E-state index is 12.1.